The van der Waals surface area contributed by atoms with Gasteiger partial charge in [-0.2, -0.15) is 5.23 Å². The zero-order valence-electron chi connectivity index (χ0n) is 17.7. The lowest BCUT2D eigenvalue weighted by molar-refractivity contribution is -0.991. The zero-order valence-corrected chi connectivity index (χ0v) is 20.8. The van der Waals surface area contributed by atoms with Gasteiger partial charge in [-0.3, -0.25) is 9.59 Å². The van der Waals surface area contributed by atoms with Crippen LogP contribution in [0.1, 0.15) is 28.4 Å². The van der Waals surface area contributed by atoms with Gasteiger partial charge in [0.2, 0.25) is 3.79 Å². The molecule has 0 saturated carbocycles. The Morgan fingerprint density at radius 2 is 1.85 bits per heavy atom. The van der Waals surface area contributed by atoms with E-state index in [0.29, 0.717) is 24.7 Å². The number of benzene rings is 1. The van der Waals surface area contributed by atoms with E-state index in [1.54, 1.807) is 12.1 Å². The van der Waals surface area contributed by atoms with E-state index in [-0.39, 0.29) is 28.6 Å². The first-order chi connectivity index (χ1) is 16.0. The normalized spacial score (nSPS) is 21.3. The fourth-order valence-corrected chi connectivity index (χ4v) is 5.05. The van der Waals surface area contributed by atoms with Crippen LogP contribution in [-0.2, 0) is 6.54 Å². The molecule has 4 rings (SSSR count). The molecule has 182 valence electrons. The topological polar surface area (TPSA) is 114 Å². The number of piperidine rings is 1. The number of thiocarbonyl (C=S) groups is 1. The minimum absolute atomic E-state index is 0.00304. The third kappa shape index (κ3) is 5.49. The average Bonchev–Trinajstić information content (AvgIpc) is 2.78. The second-order valence-electron chi connectivity index (χ2n) is 8.38. The van der Waals surface area contributed by atoms with E-state index in [4.69, 9.17) is 52.2 Å². The number of rotatable bonds is 4. The summed E-state index contributed by atoms with van der Waals surface area (Å²) < 4.78 is -0.0983. The minimum atomic E-state index is -1.92. The number of quaternary nitrogens is 1. The Morgan fingerprint density at radius 3 is 2.50 bits per heavy atom. The molecule has 2 aliphatic rings. The van der Waals surface area contributed by atoms with Gasteiger partial charge in [-0.1, -0.05) is 40.9 Å². The number of pyridine rings is 1. The molecule has 0 spiro atoms. The summed E-state index contributed by atoms with van der Waals surface area (Å²) >= 11 is 24.0. The summed E-state index contributed by atoms with van der Waals surface area (Å²) in [4.78, 5) is 26.9. The highest BCUT2D eigenvalue weighted by Gasteiger charge is 2.39. The maximum Gasteiger partial charge on any atom is 0.252 e. The summed E-state index contributed by atoms with van der Waals surface area (Å²) in [5.74, 6) is -0.193. The molecule has 3 heterocycles. The molecule has 34 heavy (non-hydrogen) atoms. The number of fused-ring (bicyclic) bond motifs is 4. The summed E-state index contributed by atoms with van der Waals surface area (Å²) in [7, 11) is 0. The second kappa shape index (κ2) is 9.98. The summed E-state index contributed by atoms with van der Waals surface area (Å²) in [6.45, 7) is 1.82. The van der Waals surface area contributed by atoms with Crippen LogP contribution in [0.15, 0.2) is 47.3 Å². The number of likely N-dealkylation sites (tertiary alicyclic amines) is 1. The van der Waals surface area contributed by atoms with Crippen molar-refractivity contribution in [3.8, 4) is 0 Å². The van der Waals surface area contributed by atoms with E-state index in [9.17, 15) is 14.8 Å². The lowest BCUT2D eigenvalue weighted by Gasteiger charge is -2.44. The molecule has 0 aliphatic carbocycles. The van der Waals surface area contributed by atoms with Gasteiger partial charge in [-0.15, -0.1) is 0 Å². The minimum Gasteiger partial charge on any atom is -0.595 e. The molecule has 2 aromatic rings. The molecule has 0 radical (unpaired) electrons. The summed E-state index contributed by atoms with van der Waals surface area (Å²) in [6, 6.07) is 10.7. The highest BCUT2D eigenvalue weighted by atomic mass is 35.6. The fraction of sp³-hybridized carbons (Fsp3) is 0.381. The maximum atomic E-state index is 12.7. The number of hydrogen-bond acceptors (Lipinski definition) is 5. The van der Waals surface area contributed by atoms with Gasteiger partial charge in [-0.25, -0.2) is 5.21 Å². The molecule has 1 saturated heterocycles. The predicted octanol–water partition coefficient (Wildman–Crippen LogP) is 1.67. The van der Waals surface area contributed by atoms with Crippen LogP contribution in [0.2, 0.25) is 0 Å². The van der Waals surface area contributed by atoms with Crippen molar-refractivity contribution in [2.45, 2.75) is 28.8 Å². The molecule has 4 atom stereocenters. The van der Waals surface area contributed by atoms with Crippen molar-refractivity contribution in [1.29, 1.82) is 0 Å². The van der Waals surface area contributed by atoms with Crippen LogP contribution >= 0.6 is 47.0 Å². The number of aromatic nitrogens is 1. The Labute approximate surface area is 215 Å². The molecular weight excluding hydrogens is 525 g/mol. The quantitative estimate of drug-likeness (QED) is 0.200. The predicted molar refractivity (Wildman–Crippen MR) is 133 cm³/mol. The first-order valence-electron chi connectivity index (χ1n) is 10.5. The summed E-state index contributed by atoms with van der Waals surface area (Å²) in [5.41, 5.74) is 1.23. The Hall–Kier alpha value is -1.92. The Bertz CT molecular complexity index is 1140. The number of amides is 1. The van der Waals surface area contributed by atoms with Crippen LogP contribution in [0.3, 0.4) is 0 Å². The third-order valence-electron chi connectivity index (χ3n) is 6.03. The van der Waals surface area contributed by atoms with Crippen molar-refractivity contribution in [3.05, 3.63) is 69.3 Å². The van der Waals surface area contributed by atoms with Gasteiger partial charge in [0.1, 0.15) is 6.17 Å². The Balaban J connectivity index is 1.45. The van der Waals surface area contributed by atoms with Crippen molar-refractivity contribution in [3.63, 3.8) is 0 Å². The van der Waals surface area contributed by atoms with Crippen LogP contribution in [-0.4, -0.2) is 48.7 Å². The molecule has 2 bridgehead atoms. The Kier molecular flexibility index (Phi) is 7.39. The van der Waals surface area contributed by atoms with Crippen molar-refractivity contribution in [1.82, 2.24) is 20.1 Å². The molecule has 13 heteroatoms. The second-order valence-corrected chi connectivity index (χ2v) is 11.1. The molecule has 1 unspecified atom stereocenters. The van der Waals surface area contributed by atoms with Crippen molar-refractivity contribution in [2.24, 2.45) is 5.92 Å². The molecule has 2 aliphatic heterocycles. The van der Waals surface area contributed by atoms with Crippen LogP contribution in [0.25, 0.3) is 0 Å². The maximum absolute atomic E-state index is 12.7. The average molecular weight is 547 g/mol. The van der Waals surface area contributed by atoms with Crippen LogP contribution < -0.4 is 21.4 Å². The smallest absolute Gasteiger partial charge is 0.252 e. The van der Waals surface area contributed by atoms with E-state index < -0.39 is 21.1 Å². The fourth-order valence-electron chi connectivity index (χ4n) is 4.46. The van der Waals surface area contributed by atoms with E-state index in [0.717, 1.165) is 12.1 Å². The first kappa shape index (κ1) is 25.2. The number of carbonyl (C=O) groups is 1. The van der Waals surface area contributed by atoms with Crippen molar-refractivity contribution in [2.75, 3.05) is 13.1 Å². The number of halogens is 3. The Morgan fingerprint density at radius 1 is 1.15 bits per heavy atom. The van der Waals surface area contributed by atoms with Gasteiger partial charge in [0, 0.05) is 55.0 Å². The largest absolute Gasteiger partial charge is 0.595 e. The van der Waals surface area contributed by atoms with E-state index in [1.165, 1.54) is 24.3 Å². The molecule has 9 nitrogen and oxygen atoms in total. The molecule has 1 aromatic heterocycles. The number of nitrogens with zero attached hydrogens (tertiary/aromatic N) is 2. The highest BCUT2D eigenvalue weighted by Crippen LogP contribution is 2.35. The molecular formula is C21H22Cl3N5O4S. The molecule has 4 N–H and O–H groups in total. The molecule has 1 aromatic carbocycles. The van der Waals surface area contributed by atoms with E-state index >= 15 is 0 Å². The highest BCUT2D eigenvalue weighted by molar-refractivity contribution is 7.80. The van der Waals surface area contributed by atoms with Crippen molar-refractivity contribution >= 4 is 63.7 Å². The van der Waals surface area contributed by atoms with Crippen LogP contribution in [0.5, 0.6) is 0 Å². The lowest BCUT2D eigenvalue weighted by Crippen LogP contribution is -2.99. The van der Waals surface area contributed by atoms with Gasteiger partial charge in [0.25, 0.3) is 11.5 Å². The lowest BCUT2D eigenvalue weighted by atomic mass is 9.83. The SMILES string of the molecule is O=C(N[C@@H](NC(=S)N1C[C@H]2C[C@H](C1)c1cccc(=O)n1C2)C(Cl)(Cl)Cl)c1ccc([NH+]([O-])O)cc1. The van der Waals surface area contributed by atoms with Crippen LogP contribution in [0, 0.1) is 11.1 Å². The summed E-state index contributed by atoms with van der Waals surface area (Å²) in [5, 5.41) is 24.8. The number of carbonyl (C=O) groups excluding carboxylic acids is 1. The summed E-state index contributed by atoms with van der Waals surface area (Å²) in [6.07, 6.45) is -0.187. The van der Waals surface area contributed by atoms with Gasteiger partial charge in [0.15, 0.2) is 10.8 Å². The van der Waals surface area contributed by atoms with Crippen molar-refractivity contribution < 1.29 is 15.2 Å². The van der Waals surface area contributed by atoms with Gasteiger partial charge in [-0.05, 0) is 42.8 Å². The van der Waals surface area contributed by atoms with Crippen LogP contribution in [0.4, 0.5) is 5.69 Å². The number of hydrogen-bond donors (Lipinski definition) is 4. The third-order valence-corrected chi connectivity index (χ3v) is 7.06. The van der Waals surface area contributed by atoms with E-state index in [2.05, 4.69) is 10.6 Å². The van der Waals surface area contributed by atoms with Gasteiger partial charge in [0.05, 0.1) is 0 Å². The van der Waals surface area contributed by atoms with E-state index in [1.807, 2.05) is 15.5 Å². The monoisotopic (exact) mass is 545 g/mol. The first-order valence-corrected chi connectivity index (χ1v) is 12.0. The zero-order chi connectivity index (χ0) is 24.6. The molecule has 1 amide bonds. The van der Waals surface area contributed by atoms with Gasteiger partial charge < -0.3 is 25.3 Å². The van der Waals surface area contributed by atoms with Gasteiger partial charge >= 0.3 is 0 Å². The molecule has 1 fully saturated rings. The standard InChI is InChI=1S/C21H22Cl3N5O4S/c22-21(23,24)19(25-18(31)13-4-6-15(7-5-13)29(32)33)26-20(34)27-9-12-8-14(11-27)16-2-1-3-17(30)28(16)10-12/h1-7,12,14,19,29,32H,8-11H2,(H,25,31)(H,26,34)/t12-,14-,19+/m1/s1. The number of nitrogens with one attached hydrogen (secondary N) is 3. The number of alkyl halides is 3.